The Morgan fingerprint density at radius 3 is 2.77 bits per heavy atom. The predicted molar refractivity (Wildman–Crippen MR) is 50.0 cm³/mol. The summed E-state index contributed by atoms with van der Waals surface area (Å²) in [4.78, 5) is 8.13. The largest absolute Gasteiger partial charge is 0.396 e. The Balaban J connectivity index is 2.20. The minimum atomic E-state index is 0.211. The number of hydrogen-bond donors (Lipinski definition) is 2. The Bertz CT molecular complexity index is 228. The third-order valence-electron chi connectivity index (χ3n) is 1.71. The third kappa shape index (κ3) is 3.96. The maximum absolute atomic E-state index is 8.76. The van der Waals surface area contributed by atoms with Gasteiger partial charge in [-0.15, -0.1) is 0 Å². The van der Waals surface area contributed by atoms with Gasteiger partial charge in [-0.1, -0.05) is 6.92 Å². The van der Waals surface area contributed by atoms with Gasteiger partial charge in [0.2, 0.25) is 0 Å². The normalized spacial score (nSPS) is 12.8. The topological polar surface area (TPSA) is 58.0 Å². The minimum absolute atomic E-state index is 0.211. The summed E-state index contributed by atoms with van der Waals surface area (Å²) in [6.07, 6.45) is 3.44. The van der Waals surface area contributed by atoms with Crippen LogP contribution in [0.4, 0.5) is 0 Å². The molecule has 2 N–H and O–H groups in total. The van der Waals surface area contributed by atoms with Gasteiger partial charge in [0.15, 0.2) is 0 Å². The SMILES string of the molecule is CC(CO)CNCc1ncccn1. The summed E-state index contributed by atoms with van der Waals surface area (Å²) in [5, 5.41) is 11.9. The van der Waals surface area contributed by atoms with E-state index in [0.29, 0.717) is 6.54 Å². The molecule has 0 saturated heterocycles. The number of aromatic nitrogens is 2. The molecule has 0 aliphatic rings. The zero-order chi connectivity index (χ0) is 9.52. The van der Waals surface area contributed by atoms with Crippen molar-refractivity contribution in [3.05, 3.63) is 24.3 Å². The fourth-order valence-corrected chi connectivity index (χ4v) is 0.916. The van der Waals surface area contributed by atoms with Crippen molar-refractivity contribution in [1.82, 2.24) is 15.3 Å². The maximum Gasteiger partial charge on any atom is 0.141 e. The molecule has 0 aliphatic heterocycles. The van der Waals surface area contributed by atoms with Crippen molar-refractivity contribution in [2.45, 2.75) is 13.5 Å². The molecule has 0 bridgehead atoms. The molecule has 1 unspecified atom stereocenters. The van der Waals surface area contributed by atoms with Gasteiger partial charge in [0.25, 0.3) is 0 Å². The Hall–Kier alpha value is -1.00. The number of aliphatic hydroxyl groups is 1. The van der Waals surface area contributed by atoms with E-state index in [0.717, 1.165) is 12.4 Å². The second-order valence-corrected chi connectivity index (χ2v) is 3.08. The zero-order valence-corrected chi connectivity index (χ0v) is 7.77. The highest BCUT2D eigenvalue weighted by molar-refractivity contribution is 4.87. The molecule has 1 aromatic heterocycles. The number of nitrogens with zero attached hydrogens (tertiary/aromatic N) is 2. The zero-order valence-electron chi connectivity index (χ0n) is 7.77. The first kappa shape index (κ1) is 10.1. The van der Waals surface area contributed by atoms with Crippen LogP contribution >= 0.6 is 0 Å². The van der Waals surface area contributed by atoms with E-state index in [9.17, 15) is 0 Å². The Morgan fingerprint density at radius 2 is 2.15 bits per heavy atom. The monoisotopic (exact) mass is 181 g/mol. The van der Waals surface area contributed by atoms with Crippen molar-refractivity contribution in [2.75, 3.05) is 13.2 Å². The van der Waals surface area contributed by atoms with Crippen LogP contribution in [0.2, 0.25) is 0 Å². The summed E-state index contributed by atoms with van der Waals surface area (Å²) in [6, 6.07) is 1.79. The fraction of sp³-hybridized carbons (Fsp3) is 0.556. The molecule has 4 heteroatoms. The molecule has 1 rings (SSSR count). The molecule has 72 valence electrons. The second kappa shape index (κ2) is 5.61. The second-order valence-electron chi connectivity index (χ2n) is 3.08. The molecule has 13 heavy (non-hydrogen) atoms. The van der Waals surface area contributed by atoms with Gasteiger partial charge in [-0.2, -0.15) is 0 Å². The standard InChI is InChI=1S/C9H15N3O/c1-8(7-13)5-10-6-9-11-3-2-4-12-9/h2-4,8,10,13H,5-7H2,1H3. The molecule has 0 amide bonds. The number of rotatable bonds is 5. The number of hydrogen-bond acceptors (Lipinski definition) is 4. The van der Waals surface area contributed by atoms with Gasteiger partial charge in [-0.3, -0.25) is 0 Å². The molecule has 0 spiro atoms. The van der Waals surface area contributed by atoms with Gasteiger partial charge in [0, 0.05) is 25.5 Å². The highest BCUT2D eigenvalue weighted by Gasteiger charge is 1.99. The van der Waals surface area contributed by atoms with Crippen LogP contribution < -0.4 is 5.32 Å². The summed E-state index contributed by atoms with van der Waals surface area (Å²) in [6.45, 7) is 3.64. The summed E-state index contributed by atoms with van der Waals surface area (Å²) in [7, 11) is 0. The lowest BCUT2D eigenvalue weighted by molar-refractivity contribution is 0.233. The van der Waals surface area contributed by atoms with E-state index in [1.165, 1.54) is 0 Å². The molecular formula is C9H15N3O. The lowest BCUT2D eigenvalue weighted by Gasteiger charge is -2.07. The van der Waals surface area contributed by atoms with Crippen molar-refractivity contribution >= 4 is 0 Å². The van der Waals surface area contributed by atoms with E-state index in [1.54, 1.807) is 18.5 Å². The van der Waals surface area contributed by atoms with Crippen molar-refractivity contribution < 1.29 is 5.11 Å². The van der Waals surface area contributed by atoms with E-state index in [2.05, 4.69) is 15.3 Å². The van der Waals surface area contributed by atoms with Crippen LogP contribution in [-0.4, -0.2) is 28.2 Å². The van der Waals surface area contributed by atoms with E-state index in [-0.39, 0.29) is 12.5 Å². The highest BCUT2D eigenvalue weighted by atomic mass is 16.3. The first-order chi connectivity index (χ1) is 6.33. The molecule has 1 aromatic rings. The summed E-state index contributed by atoms with van der Waals surface area (Å²) in [5.74, 6) is 1.07. The highest BCUT2D eigenvalue weighted by Crippen LogP contribution is 1.91. The van der Waals surface area contributed by atoms with Crippen LogP contribution in [0.5, 0.6) is 0 Å². The molecule has 0 aliphatic carbocycles. The quantitative estimate of drug-likeness (QED) is 0.681. The van der Waals surface area contributed by atoms with Crippen molar-refractivity contribution in [3.8, 4) is 0 Å². The Kier molecular flexibility index (Phi) is 4.35. The molecular weight excluding hydrogens is 166 g/mol. The van der Waals surface area contributed by atoms with Crippen LogP contribution in [0, 0.1) is 5.92 Å². The third-order valence-corrected chi connectivity index (χ3v) is 1.71. The first-order valence-corrected chi connectivity index (χ1v) is 4.40. The first-order valence-electron chi connectivity index (χ1n) is 4.40. The molecule has 1 heterocycles. The fourth-order valence-electron chi connectivity index (χ4n) is 0.916. The Morgan fingerprint density at radius 1 is 1.46 bits per heavy atom. The van der Waals surface area contributed by atoms with Gasteiger partial charge in [-0.25, -0.2) is 9.97 Å². The van der Waals surface area contributed by atoms with Gasteiger partial charge < -0.3 is 10.4 Å². The van der Waals surface area contributed by atoms with Crippen LogP contribution in [0.15, 0.2) is 18.5 Å². The van der Waals surface area contributed by atoms with Crippen molar-refractivity contribution in [1.29, 1.82) is 0 Å². The summed E-state index contributed by atoms with van der Waals surface area (Å²) >= 11 is 0. The molecule has 0 radical (unpaired) electrons. The van der Waals surface area contributed by atoms with Crippen LogP contribution in [0.3, 0.4) is 0 Å². The smallest absolute Gasteiger partial charge is 0.141 e. The molecule has 1 atom stereocenters. The summed E-state index contributed by atoms with van der Waals surface area (Å²) < 4.78 is 0. The van der Waals surface area contributed by atoms with Gasteiger partial charge >= 0.3 is 0 Å². The number of nitrogens with one attached hydrogen (secondary N) is 1. The van der Waals surface area contributed by atoms with Crippen molar-refractivity contribution in [3.63, 3.8) is 0 Å². The lowest BCUT2D eigenvalue weighted by atomic mass is 10.2. The predicted octanol–water partition coefficient (Wildman–Crippen LogP) is 0.195. The molecule has 0 saturated carbocycles. The van der Waals surface area contributed by atoms with E-state index >= 15 is 0 Å². The van der Waals surface area contributed by atoms with Gasteiger partial charge in [0.05, 0.1) is 6.54 Å². The van der Waals surface area contributed by atoms with Crippen LogP contribution in [-0.2, 0) is 6.54 Å². The summed E-state index contributed by atoms with van der Waals surface area (Å²) in [5.41, 5.74) is 0. The number of aliphatic hydroxyl groups excluding tert-OH is 1. The van der Waals surface area contributed by atoms with Crippen molar-refractivity contribution in [2.24, 2.45) is 5.92 Å². The lowest BCUT2D eigenvalue weighted by Crippen LogP contribution is -2.23. The average molecular weight is 181 g/mol. The molecule has 0 aromatic carbocycles. The van der Waals surface area contributed by atoms with Gasteiger partial charge in [0.1, 0.15) is 5.82 Å². The average Bonchev–Trinajstić information content (AvgIpc) is 2.19. The van der Waals surface area contributed by atoms with Crippen LogP contribution in [0.25, 0.3) is 0 Å². The van der Waals surface area contributed by atoms with E-state index < -0.39 is 0 Å². The maximum atomic E-state index is 8.76. The molecule has 0 fully saturated rings. The van der Waals surface area contributed by atoms with E-state index in [1.807, 2.05) is 6.92 Å². The Labute approximate surface area is 78.0 Å². The minimum Gasteiger partial charge on any atom is -0.396 e. The van der Waals surface area contributed by atoms with E-state index in [4.69, 9.17) is 5.11 Å². The van der Waals surface area contributed by atoms with Crippen LogP contribution in [0.1, 0.15) is 12.7 Å². The van der Waals surface area contributed by atoms with Gasteiger partial charge in [-0.05, 0) is 12.0 Å². The molecule has 4 nitrogen and oxygen atoms in total.